The minimum Gasteiger partial charge on any atom is -0.481 e. The number of halogens is 1. The highest BCUT2D eigenvalue weighted by Crippen LogP contribution is 2.39. The van der Waals surface area contributed by atoms with Crippen molar-refractivity contribution < 1.29 is 19.5 Å². The Kier molecular flexibility index (Phi) is 4.38. The van der Waals surface area contributed by atoms with Crippen molar-refractivity contribution in [2.75, 3.05) is 13.2 Å². The molecule has 1 aromatic rings. The Morgan fingerprint density at radius 3 is 2.89 bits per heavy atom. The molecule has 104 valence electrons. The molecule has 0 saturated carbocycles. The molecule has 0 aliphatic carbocycles. The quantitative estimate of drug-likeness (QED) is 0.677. The molecule has 0 radical (unpaired) electrons. The van der Waals surface area contributed by atoms with E-state index in [1.807, 2.05) is 0 Å². The molecular weight excluding hydrogens is 318 g/mol. The monoisotopic (exact) mass is 331 g/mol. The summed E-state index contributed by atoms with van der Waals surface area (Å²) in [5.41, 5.74) is 0.241. The first kappa shape index (κ1) is 14.2. The number of benzene rings is 1. The van der Waals surface area contributed by atoms with E-state index < -0.39 is 11.0 Å². The summed E-state index contributed by atoms with van der Waals surface area (Å²) in [7, 11) is 0. The van der Waals surface area contributed by atoms with Gasteiger partial charge in [0, 0.05) is 22.5 Å². The van der Waals surface area contributed by atoms with Gasteiger partial charge in [0.05, 0.1) is 24.2 Å². The van der Waals surface area contributed by atoms with E-state index in [1.54, 1.807) is 13.0 Å². The second-order valence-electron chi connectivity index (χ2n) is 4.38. The lowest BCUT2D eigenvalue weighted by molar-refractivity contribution is -0.386. The molecule has 0 spiro atoms. The molecule has 0 bridgehead atoms. The van der Waals surface area contributed by atoms with Gasteiger partial charge in [0.15, 0.2) is 0 Å². The smallest absolute Gasteiger partial charge is 0.312 e. The topological polar surface area (TPSA) is 81.8 Å². The van der Waals surface area contributed by atoms with E-state index in [9.17, 15) is 15.2 Å². The number of hydrogen-bond donors (Lipinski definition) is 1. The van der Waals surface area contributed by atoms with Crippen LogP contribution in [0.1, 0.15) is 25.0 Å². The van der Waals surface area contributed by atoms with Gasteiger partial charge in [-0.15, -0.1) is 0 Å². The Balaban J connectivity index is 2.43. The SMILES string of the molecule is CC(O)c1cc(Br)cc([N+](=O)[O-])c1OC1CCOC1. The number of rotatable bonds is 4. The van der Waals surface area contributed by atoms with E-state index in [2.05, 4.69) is 15.9 Å². The Morgan fingerprint density at radius 1 is 1.63 bits per heavy atom. The Labute approximate surface area is 118 Å². The number of nitro groups is 1. The summed E-state index contributed by atoms with van der Waals surface area (Å²) in [4.78, 5) is 10.6. The summed E-state index contributed by atoms with van der Waals surface area (Å²) in [6, 6.07) is 3.00. The number of ether oxygens (including phenoxy) is 2. The predicted octanol–water partition coefficient (Wildman–Crippen LogP) is 2.58. The van der Waals surface area contributed by atoms with Gasteiger partial charge in [-0.25, -0.2) is 0 Å². The number of nitro benzene ring substituents is 1. The summed E-state index contributed by atoms with van der Waals surface area (Å²) >= 11 is 3.20. The Hall–Kier alpha value is -1.18. The van der Waals surface area contributed by atoms with Crippen LogP contribution in [0.3, 0.4) is 0 Å². The fourth-order valence-corrected chi connectivity index (χ4v) is 2.41. The van der Waals surface area contributed by atoms with Crippen molar-refractivity contribution >= 4 is 21.6 Å². The van der Waals surface area contributed by atoms with E-state index in [0.717, 1.165) is 0 Å². The normalized spacial score (nSPS) is 20.3. The van der Waals surface area contributed by atoms with Gasteiger partial charge in [0.25, 0.3) is 0 Å². The first-order valence-electron chi connectivity index (χ1n) is 5.89. The molecule has 1 fully saturated rings. The largest absolute Gasteiger partial charge is 0.481 e. The van der Waals surface area contributed by atoms with Crippen LogP contribution in [0.25, 0.3) is 0 Å². The first-order valence-corrected chi connectivity index (χ1v) is 6.68. The second-order valence-corrected chi connectivity index (χ2v) is 5.30. The van der Waals surface area contributed by atoms with Crippen LogP contribution >= 0.6 is 15.9 Å². The van der Waals surface area contributed by atoms with Crippen LogP contribution in [0.5, 0.6) is 5.75 Å². The maximum Gasteiger partial charge on any atom is 0.312 e. The minimum absolute atomic E-state index is 0.124. The van der Waals surface area contributed by atoms with Crippen molar-refractivity contribution in [2.24, 2.45) is 0 Å². The van der Waals surface area contributed by atoms with Crippen molar-refractivity contribution in [3.8, 4) is 5.75 Å². The predicted molar refractivity (Wildman–Crippen MR) is 71.3 cm³/mol. The summed E-state index contributed by atoms with van der Waals surface area (Å²) < 4.78 is 11.4. The number of nitrogens with zero attached hydrogens (tertiary/aromatic N) is 1. The summed E-state index contributed by atoms with van der Waals surface area (Å²) in [6.45, 7) is 2.54. The first-order chi connectivity index (χ1) is 8.99. The molecule has 7 heteroatoms. The summed E-state index contributed by atoms with van der Waals surface area (Å²) in [5, 5.41) is 20.9. The fraction of sp³-hybridized carbons (Fsp3) is 0.500. The van der Waals surface area contributed by atoms with Gasteiger partial charge < -0.3 is 14.6 Å². The van der Waals surface area contributed by atoms with Gasteiger partial charge in [-0.1, -0.05) is 15.9 Å². The van der Waals surface area contributed by atoms with Gasteiger partial charge in [-0.2, -0.15) is 0 Å². The van der Waals surface area contributed by atoms with Crippen molar-refractivity contribution in [1.29, 1.82) is 0 Å². The summed E-state index contributed by atoms with van der Waals surface area (Å²) in [6.07, 6.45) is -0.377. The third kappa shape index (κ3) is 3.23. The highest BCUT2D eigenvalue weighted by Gasteiger charge is 2.27. The molecule has 2 rings (SSSR count). The maximum absolute atomic E-state index is 11.1. The third-order valence-electron chi connectivity index (χ3n) is 2.88. The molecule has 1 N–H and O–H groups in total. The van der Waals surface area contributed by atoms with Crippen molar-refractivity contribution in [3.05, 3.63) is 32.3 Å². The van der Waals surface area contributed by atoms with Crippen LogP contribution < -0.4 is 4.74 Å². The van der Waals surface area contributed by atoms with Crippen LogP contribution in [0, 0.1) is 10.1 Å². The zero-order chi connectivity index (χ0) is 14.0. The average Bonchev–Trinajstić information content (AvgIpc) is 2.83. The van der Waals surface area contributed by atoms with Crippen LogP contribution in [-0.4, -0.2) is 29.3 Å². The zero-order valence-electron chi connectivity index (χ0n) is 10.3. The van der Waals surface area contributed by atoms with Gasteiger partial charge in [0.2, 0.25) is 5.75 Å². The lowest BCUT2D eigenvalue weighted by Gasteiger charge is -2.17. The van der Waals surface area contributed by atoms with Crippen LogP contribution in [0.4, 0.5) is 5.69 Å². The Bertz CT molecular complexity index is 485. The lowest BCUT2D eigenvalue weighted by Crippen LogP contribution is -2.18. The van der Waals surface area contributed by atoms with E-state index >= 15 is 0 Å². The Morgan fingerprint density at radius 2 is 2.37 bits per heavy atom. The number of aliphatic hydroxyl groups excluding tert-OH is 1. The van der Waals surface area contributed by atoms with Crippen molar-refractivity contribution in [2.45, 2.75) is 25.6 Å². The second kappa shape index (κ2) is 5.85. The number of hydrogen-bond acceptors (Lipinski definition) is 5. The molecular formula is C12H14BrNO5. The molecule has 0 amide bonds. The van der Waals surface area contributed by atoms with Gasteiger partial charge in [0.1, 0.15) is 6.10 Å². The molecule has 6 nitrogen and oxygen atoms in total. The lowest BCUT2D eigenvalue weighted by atomic mass is 10.1. The van der Waals surface area contributed by atoms with Crippen LogP contribution in [-0.2, 0) is 4.74 Å². The van der Waals surface area contributed by atoms with E-state index in [4.69, 9.17) is 9.47 Å². The molecule has 1 aliphatic rings. The standard InChI is InChI=1S/C12H14BrNO5/c1-7(15)10-4-8(13)5-11(14(16)17)12(10)19-9-2-3-18-6-9/h4-5,7,9,15H,2-3,6H2,1H3. The van der Waals surface area contributed by atoms with Crippen molar-refractivity contribution in [1.82, 2.24) is 0 Å². The average molecular weight is 332 g/mol. The summed E-state index contributed by atoms with van der Waals surface area (Å²) in [5.74, 6) is 0.124. The molecule has 1 aliphatic heterocycles. The zero-order valence-corrected chi connectivity index (χ0v) is 11.9. The molecule has 1 saturated heterocycles. The number of aliphatic hydroxyl groups is 1. The van der Waals surface area contributed by atoms with Gasteiger partial charge in [-0.05, 0) is 13.0 Å². The van der Waals surface area contributed by atoms with Gasteiger partial charge in [-0.3, -0.25) is 10.1 Å². The molecule has 1 aromatic carbocycles. The van der Waals surface area contributed by atoms with E-state index in [-0.39, 0.29) is 17.5 Å². The molecule has 2 atom stereocenters. The minimum atomic E-state index is -0.853. The third-order valence-corrected chi connectivity index (χ3v) is 3.34. The van der Waals surface area contributed by atoms with Gasteiger partial charge >= 0.3 is 5.69 Å². The maximum atomic E-state index is 11.1. The molecule has 2 unspecified atom stereocenters. The highest BCUT2D eigenvalue weighted by molar-refractivity contribution is 9.10. The van der Waals surface area contributed by atoms with Crippen molar-refractivity contribution in [3.63, 3.8) is 0 Å². The van der Waals surface area contributed by atoms with E-state index in [1.165, 1.54) is 6.07 Å². The van der Waals surface area contributed by atoms with E-state index in [0.29, 0.717) is 29.7 Å². The van der Waals surface area contributed by atoms with Crippen LogP contribution in [0.15, 0.2) is 16.6 Å². The molecule has 0 aromatic heterocycles. The molecule has 1 heterocycles. The van der Waals surface area contributed by atoms with Crippen LogP contribution in [0.2, 0.25) is 0 Å². The molecule has 19 heavy (non-hydrogen) atoms. The highest BCUT2D eigenvalue weighted by atomic mass is 79.9. The fourth-order valence-electron chi connectivity index (χ4n) is 1.95.